The minimum atomic E-state index is 0.123. The molecule has 1 aliphatic heterocycles. The zero-order valence-corrected chi connectivity index (χ0v) is 14.8. The highest BCUT2D eigenvalue weighted by Gasteiger charge is 2.32. The molecule has 2 heterocycles. The van der Waals surface area contributed by atoms with Gasteiger partial charge in [-0.2, -0.15) is 0 Å². The number of aromatic nitrogens is 1. The van der Waals surface area contributed by atoms with E-state index in [0.29, 0.717) is 6.42 Å². The molecule has 0 bridgehead atoms. The van der Waals surface area contributed by atoms with E-state index in [2.05, 4.69) is 56.6 Å². The first-order valence-corrected chi connectivity index (χ1v) is 8.26. The summed E-state index contributed by atoms with van der Waals surface area (Å²) < 4.78 is 0. The van der Waals surface area contributed by atoms with Crippen LogP contribution in [0.1, 0.15) is 53.5 Å². The van der Waals surface area contributed by atoms with Crippen molar-refractivity contribution in [2.75, 3.05) is 18.0 Å². The second kappa shape index (κ2) is 6.27. The van der Waals surface area contributed by atoms with Crippen LogP contribution in [0, 0.1) is 0 Å². The van der Waals surface area contributed by atoms with E-state index < -0.39 is 0 Å². The van der Waals surface area contributed by atoms with Gasteiger partial charge >= 0.3 is 0 Å². The van der Waals surface area contributed by atoms with E-state index >= 15 is 0 Å². The second-order valence-corrected chi connectivity index (χ2v) is 7.41. The standard InChI is InChI=1S/C18H29N3O/c1-7-17(22)21-13(2)11-20(12-14(21)3)16-9-8-15(10-19-16)18(4,5)6/h8-10,13-14H,7,11-12H2,1-6H3. The van der Waals surface area contributed by atoms with Crippen molar-refractivity contribution in [3.63, 3.8) is 0 Å². The van der Waals surface area contributed by atoms with E-state index in [0.717, 1.165) is 18.9 Å². The Morgan fingerprint density at radius 3 is 2.23 bits per heavy atom. The number of anilines is 1. The van der Waals surface area contributed by atoms with Crippen LogP contribution in [0.15, 0.2) is 18.3 Å². The summed E-state index contributed by atoms with van der Waals surface area (Å²) in [6, 6.07) is 4.72. The lowest BCUT2D eigenvalue weighted by molar-refractivity contribution is -0.135. The minimum absolute atomic E-state index is 0.123. The van der Waals surface area contributed by atoms with Gasteiger partial charge in [0.15, 0.2) is 0 Å². The lowest BCUT2D eigenvalue weighted by atomic mass is 9.88. The van der Waals surface area contributed by atoms with Crippen LogP contribution >= 0.6 is 0 Å². The van der Waals surface area contributed by atoms with Crippen molar-refractivity contribution in [3.05, 3.63) is 23.9 Å². The van der Waals surface area contributed by atoms with E-state index in [1.807, 2.05) is 18.0 Å². The van der Waals surface area contributed by atoms with Crippen LogP contribution in [-0.4, -0.2) is 41.0 Å². The van der Waals surface area contributed by atoms with Crippen LogP contribution in [0.2, 0.25) is 0 Å². The Morgan fingerprint density at radius 2 is 1.82 bits per heavy atom. The van der Waals surface area contributed by atoms with Gasteiger partial charge in [0.2, 0.25) is 5.91 Å². The third-order valence-electron chi connectivity index (χ3n) is 4.45. The number of rotatable bonds is 2. The molecule has 4 heteroatoms. The molecule has 1 amide bonds. The maximum Gasteiger partial charge on any atom is 0.222 e. The van der Waals surface area contributed by atoms with Gasteiger partial charge in [0.1, 0.15) is 5.82 Å². The Morgan fingerprint density at radius 1 is 1.23 bits per heavy atom. The molecule has 0 radical (unpaired) electrons. The highest BCUT2D eigenvalue weighted by molar-refractivity contribution is 5.77. The van der Waals surface area contributed by atoms with Crippen LogP contribution < -0.4 is 4.90 Å². The largest absolute Gasteiger partial charge is 0.353 e. The molecule has 1 saturated heterocycles. The maximum atomic E-state index is 12.1. The van der Waals surface area contributed by atoms with Crippen molar-refractivity contribution >= 4 is 11.7 Å². The van der Waals surface area contributed by atoms with Crippen LogP contribution in [0.4, 0.5) is 5.82 Å². The fraction of sp³-hybridized carbons (Fsp3) is 0.667. The molecule has 0 N–H and O–H groups in total. The molecular formula is C18H29N3O. The van der Waals surface area contributed by atoms with Gasteiger partial charge in [-0.05, 0) is 30.9 Å². The number of nitrogens with zero attached hydrogens (tertiary/aromatic N) is 3. The van der Waals surface area contributed by atoms with Gasteiger partial charge in [0.05, 0.1) is 0 Å². The van der Waals surface area contributed by atoms with E-state index in [-0.39, 0.29) is 23.4 Å². The summed E-state index contributed by atoms with van der Waals surface area (Å²) in [6.07, 6.45) is 2.56. The first-order valence-electron chi connectivity index (χ1n) is 8.26. The van der Waals surface area contributed by atoms with Crippen molar-refractivity contribution in [1.29, 1.82) is 0 Å². The number of amides is 1. The summed E-state index contributed by atoms with van der Waals surface area (Å²) in [4.78, 5) is 21.0. The fourth-order valence-corrected chi connectivity index (χ4v) is 3.20. The number of carbonyl (C=O) groups excluding carboxylic acids is 1. The Labute approximate surface area is 134 Å². The summed E-state index contributed by atoms with van der Waals surface area (Å²) in [7, 11) is 0. The van der Waals surface area contributed by atoms with Crippen LogP contribution in [0.5, 0.6) is 0 Å². The first kappa shape index (κ1) is 16.8. The lowest BCUT2D eigenvalue weighted by Gasteiger charge is -2.45. The quantitative estimate of drug-likeness (QED) is 0.842. The van der Waals surface area contributed by atoms with Gasteiger partial charge in [-0.1, -0.05) is 33.8 Å². The summed E-state index contributed by atoms with van der Waals surface area (Å²) >= 11 is 0. The molecule has 2 unspecified atom stereocenters. The SMILES string of the molecule is CCC(=O)N1C(C)CN(c2ccc(C(C)(C)C)cn2)CC1C. The Balaban J connectivity index is 2.13. The van der Waals surface area contributed by atoms with Crippen molar-refractivity contribution in [2.24, 2.45) is 0 Å². The van der Waals surface area contributed by atoms with Gasteiger partial charge < -0.3 is 9.80 Å². The molecule has 2 rings (SSSR count). The van der Waals surface area contributed by atoms with Crippen molar-refractivity contribution in [2.45, 2.75) is 65.5 Å². The zero-order chi connectivity index (χ0) is 16.5. The number of hydrogen-bond acceptors (Lipinski definition) is 3. The van der Waals surface area contributed by atoms with Crippen LogP contribution in [-0.2, 0) is 10.2 Å². The molecule has 0 saturated carbocycles. The average Bonchev–Trinajstić information content (AvgIpc) is 2.45. The van der Waals surface area contributed by atoms with Crippen molar-refractivity contribution in [3.8, 4) is 0 Å². The molecule has 1 aromatic rings. The monoisotopic (exact) mass is 303 g/mol. The van der Waals surface area contributed by atoms with Crippen LogP contribution in [0.3, 0.4) is 0 Å². The molecule has 4 nitrogen and oxygen atoms in total. The topological polar surface area (TPSA) is 36.4 Å². The predicted molar refractivity (Wildman–Crippen MR) is 91.2 cm³/mol. The average molecular weight is 303 g/mol. The number of carbonyl (C=O) groups is 1. The van der Waals surface area contributed by atoms with E-state index in [1.165, 1.54) is 5.56 Å². The summed E-state index contributed by atoms with van der Waals surface area (Å²) in [5, 5.41) is 0. The molecule has 2 atom stereocenters. The van der Waals surface area contributed by atoms with E-state index in [4.69, 9.17) is 0 Å². The molecule has 1 aliphatic rings. The summed E-state index contributed by atoms with van der Waals surface area (Å²) in [5.41, 5.74) is 1.37. The van der Waals surface area contributed by atoms with E-state index in [1.54, 1.807) is 0 Å². The van der Waals surface area contributed by atoms with Gasteiger partial charge in [0, 0.05) is 37.8 Å². The Hall–Kier alpha value is -1.58. The molecule has 1 fully saturated rings. The number of hydrogen-bond donors (Lipinski definition) is 0. The molecule has 0 aromatic carbocycles. The Kier molecular flexibility index (Phi) is 4.78. The molecule has 22 heavy (non-hydrogen) atoms. The van der Waals surface area contributed by atoms with E-state index in [9.17, 15) is 4.79 Å². The smallest absolute Gasteiger partial charge is 0.222 e. The zero-order valence-electron chi connectivity index (χ0n) is 14.8. The molecule has 122 valence electrons. The highest BCUT2D eigenvalue weighted by atomic mass is 16.2. The highest BCUT2D eigenvalue weighted by Crippen LogP contribution is 2.25. The van der Waals surface area contributed by atoms with Crippen molar-refractivity contribution < 1.29 is 4.79 Å². The second-order valence-electron chi connectivity index (χ2n) is 7.41. The van der Waals surface area contributed by atoms with Gasteiger partial charge in [-0.25, -0.2) is 4.98 Å². The van der Waals surface area contributed by atoms with Crippen molar-refractivity contribution in [1.82, 2.24) is 9.88 Å². The fourth-order valence-electron chi connectivity index (χ4n) is 3.20. The van der Waals surface area contributed by atoms with Gasteiger partial charge in [-0.15, -0.1) is 0 Å². The third kappa shape index (κ3) is 3.42. The predicted octanol–water partition coefficient (Wildman–Crippen LogP) is 3.21. The summed E-state index contributed by atoms with van der Waals surface area (Å²) in [6.45, 7) is 14.5. The van der Waals surface area contributed by atoms with Gasteiger partial charge in [-0.3, -0.25) is 4.79 Å². The van der Waals surface area contributed by atoms with Crippen LogP contribution in [0.25, 0.3) is 0 Å². The number of pyridine rings is 1. The normalized spacial score (nSPS) is 22.8. The third-order valence-corrected chi connectivity index (χ3v) is 4.45. The lowest BCUT2D eigenvalue weighted by Crippen LogP contribution is -2.58. The Bertz CT molecular complexity index is 506. The molecule has 1 aromatic heterocycles. The summed E-state index contributed by atoms with van der Waals surface area (Å²) in [5.74, 6) is 1.26. The maximum absolute atomic E-state index is 12.1. The number of piperazine rings is 1. The van der Waals surface area contributed by atoms with Gasteiger partial charge in [0.25, 0.3) is 0 Å². The molecular weight excluding hydrogens is 274 g/mol. The minimum Gasteiger partial charge on any atom is -0.353 e. The first-order chi connectivity index (χ1) is 10.2. The molecule has 0 aliphatic carbocycles. The molecule has 0 spiro atoms.